The van der Waals surface area contributed by atoms with E-state index in [9.17, 15) is 0 Å². The smallest absolute Gasteiger partial charge is 0.0646 e. The molecule has 2 rings (SSSR count). The van der Waals surface area contributed by atoms with Crippen molar-refractivity contribution in [2.24, 2.45) is 0 Å². The van der Waals surface area contributed by atoms with E-state index in [0.717, 1.165) is 35.3 Å². The molecule has 17 heavy (non-hydrogen) atoms. The molecule has 1 fully saturated rings. The third kappa shape index (κ3) is 3.36. The zero-order valence-corrected chi connectivity index (χ0v) is 11.9. The van der Waals surface area contributed by atoms with Gasteiger partial charge in [-0.05, 0) is 44.9 Å². The lowest BCUT2D eigenvalue weighted by atomic mass is 9.94. The van der Waals surface area contributed by atoms with Crippen molar-refractivity contribution in [3.8, 4) is 0 Å². The minimum absolute atomic E-state index is 0.0416. The summed E-state index contributed by atoms with van der Waals surface area (Å²) in [6, 6.07) is 6.37. The molecule has 1 heterocycles. The fourth-order valence-corrected chi connectivity index (χ4v) is 2.62. The summed E-state index contributed by atoms with van der Waals surface area (Å²) in [6.45, 7) is 5.07. The van der Waals surface area contributed by atoms with Gasteiger partial charge in [0.25, 0.3) is 0 Å². The van der Waals surface area contributed by atoms with E-state index in [4.69, 9.17) is 10.5 Å². The topological polar surface area (TPSA) is 47.3 Å². The van der Waals surface area contributed by atoms with Crippen molar-refractivity contribution in [3.05, 3.63) is 22.7 Å². The molecular formula is C13H19BrN2O. The van der Waals surface area contributed by atoms with Crippen LogP contribution in [0.5, 0.6) is 0 Å². The maximum absolute atomic E-state index is 5.98. The van der Waals surface area contributed by atoms with Gasteiger partial charge in [0.15, 0.2) is 0 Å². The highest BCUT2D eigenvalue weighted by atomic mass is 79.9. The molecule has 1 aliphatic heterocycles. The Hall–Kier alpha value is -0.740. The Morgan fingerprint density at radius 3 is 2.88 bits per heavy atom. The first-order chi connectivity index (χ1) is 7.96. The number of nitrogens with two attached hydrogens (primary N) is 1. The molecule has 1 unspecified atom stereocenters. The van der Waals surface area contributed by atoms with E-state index in [1.165, 1.54) is 0 Å². The highest BCUT2D eigenvalue weighted by Gasteiger charge is 2.28. The second-order valence-electron chi connectivity index (χ2n) is 5.17. The van der Waals surface area contributed by atoms with Crippen LogP contribution in [-0.4, -0.2) is 18.2 Å². The van der Waals surface area contributed by atoms with Crippen LogP contribution in [0.4, 0.5) is 11.4 Å². The Labute approximate surface area is 111 Å². The minimum atomic E-state index is -0.0416. The fourth-order valence-electron chi connectivity index (χ4n) is 2.24. The van der Waals surface area contributed by atoms with E-state index < -0.39 is 0 Å². The summed E-state index contributed by atoms with van der Waals surface area (Å²) in [5.41, 5.74) is 7.73. The van der Waals surface area contributed by atoms with E-state index in [0.29, 0.717) is 6.04 Å². The fraction of sp³-hybridized carbons (Fsp3) is 0.538. The Balaban J connectivity index is 2.05. The maximum atomic E-state index is 5.98. The summed E-state index contributed by atoms with van der Waals surface area (Å²) in [5, 5.41) is 3.51. The standard InChI is InChI=1S/C13H19BrN2O/c1-13(2)8-10(5-6-17-13)16-12-4-3-9(14)7-11(12)15/h3-4,7,10,16H,5-6,8,15H2,1-2H3. The second-order valence-corrected chi connectivity index (χ2v) is 6.09. The summed E-state index contributed by atoms with van der Waals surface area (Å²) >= 11 is 3.41. The first-order valence-corrected chi connectivity index (χ1v) is 6.71. The molecule has 0 aromatic heterocycles. The summed E-state index contributed by atoms with van der Waals surface area (Å²) in [6.07, 6.45) is 2.03. The molecule has 4 heteroatoms. The lowest BCUT2D eigenvalue weighted by Gasteiger charge is -2.36. The van der Waals surface area contributed by atoms with Gasteiger partial charge in [-0.15, -0.1) is 0 Å². The van der Waals surface area contributed by atoms with Crippen LogP contribution >= 0.6 is 15.9 Å². The first-order valence-electron chi connectivity index (χ1n) is 5.92. The monoisotopic (exact) mass is 298 g/mol. The minimum Gasteiger partial charge on any atom is -0.397 e. The van der Waals surface area contributed by atoms with Crippen LogP contribution < -0.4 is 11.1 Å². The van der Waals surface area contributed by atoms with Crippen molar-refractivity contribution < 1.29 is 4.74 Å². The Bertz CT molecular complexity index is 406. The van der Waals surface area contributed by atoms with Gasteiger partial charge in [-0.3, -0.25) is 0 Å². The zero-order chi connectivity index (χ0) is 12.5. The quantitative estimate of drug-likeness (QED) is 0.823. The second kappa shape index (κ2) is 4.86. The number of anilines is 2. The molecule has 1 saturated heterocycles. The number of nitrogens with one attached hydrogen (secondary N) is 1. The Kier molecular flexibility index (Phi) is 3.64. The molecule has 3 nitrogen and oxygen atoms in total. The molecule has 0 bridgehead atoms. The summed E-state index contributed by atoms with van der Waals surface area (Å²) in [4.78, 5) is 0. The van der Waals surface area contributed by atoms with Crippen LogP contribution in [0.3, 0.4) is 0 Å². The van der Waals surface area contributed by atoms with Gasteiger partial charge in [-0.25, -0.2) is 0 Å². The van der Waals surface area contributed by atoms with Gasteiger partial charge in [0.2, 0.25) is 0 Å². The van der Waals surface area contributed by atoms with Crippen LogP contribution in [0.1, 0.15) is 26.7 Å². The van der Waals surface area contributed by atoms with E-state index in [1.54, 1.807) is 0 Å². The van der Waals surface area contributed by atoms with E-state index in [-0.39, 0.29) is 5.60 Å². The number of hydrogen-bond acceptors (Lipinski definition) is 3. The van der Waals surface area contributed by atoms with Crippen LogP contribution in [0, 0.1) is 0 Å². The number of ether oxygens (including phenoxy) is 1. The van der Waals surface area contributed by atoms with E-state index >= 15 is 0 Å². The number of benzene rings is 1. The van der Waals surface area contributed by atoms with Gasteiger partial charge >= 0.3 is 0 Å². The van der Waals surface area contributed by atoms with Gasteiger partial charge < -0.3 is 15.8 Å². The molecule has 0 radical (unpaired) electrons. The number of nitrogen functional groups attached to an aromatic ring is 1. The third-order valence-corrected chi connectivity index (χ3v) is 3.56. The SMILES string of the molecule is CC1(C)CC(Nc2ccc(Br)cc2N)CCO1. The molecule has 1 aromatic rings. The van der Waals surface area contributed by atoms with E-state index in [1.807, 2.05) is 18.2 Å². The average molecular weight is 299 g/mol. The molecule has 1 aliphatic rings. The zero-order valence-electron chi connectivity index (χ0n) is 10.3. The Morgan fingerprint density at radius 2 is 2.24 bits per heavy atom. The lowest BCUT2D eigenvalue weighted by Crippen LogP contribution is -2.40. The summed E-state index contributed by atoms with van der Waals surface area (Å²) in [7, 11) is 0. The molecule has 0 aliphatic carbocycles. The predicted molar refractivity (Wildman–Crippen MR) is 75.2 cm³/mol. The number of halogens is 1. The normalized spacial score (nSPS) is 23.4. The molecule has 0 amide bonds. The largest absolute Gasteiger partial charge is 0.397 e. The van der Waals surface area contributed by atoms with Gasteiger partial charge in [-0.1, -0.05) is 15.9 Å². The van der Waals surface area contributed by atoms with Crippen LogP contribution in [0.2, 0.25) is 0 Å². The van der Waals surface area contributed by atoms with Crippen molar-refractivity contribution in [2.75, 3.05) is 17.7 Å². The van der Waals surface area contributed by atoms with Crippen molar-refractivity contribution in [1.29, 1.82) is 0 Å². The lowest BCUT2D eigenvalue weighted by molar-refractivity contribution is -0.0553. The van der Waals surface area contributed by atoms with Crippen molar-refractivity contribution >= 4 is 27.3 Å². The van der Waals surface area contributed by atoms with Gasteiger partial charge in [-0.2, -0.15) is 0 Å². The highest BCUT2D eigenvalue weighted by molar-refractivity contribution is 9.10. The van der Waals surface area contributed by atoms with Crippen LogP contribution in [-0.2, 0) is 4.74 Å². The number of hydrogen-bond donors (Lipinski definition) is 2. The molecule has 0 saturated carbocycles. The third-order valence-electron chi connectivity index (χ3n) is 3.07. The summed E-state index contributed by atoms with van der Waals surface area (Å²) < 4.78 is 6.71. The highest BCUT2D eigenvalue weighted by Crippen LogP contribution is 2.29. The van der Waals surface area contributed by atoms with Crippen molar-refractivity contribution in [2.45, 2.75) is 38.3 Å². The first kappa shape index (κ1) is 12.7. The maximum Gasteiger partial charge on any atom is 0.0646 e. The van der Waals surface area contributed by atoms with E-state index in [2.05, 4.69) is 35.1 Å². The van der Waals surface area contributed by atoms with Crippen LogP contribution in [0.15, 0.2) is 22.7 Å². The molecule has 94 valence electrons. The summed E-state index contributed by atoms with van der Waals surface area (Å²) in [5.74, 6) is 0. The molecule has 0 spiro atoms. The number of rotatable bonds is 2. The van der Waals surface area contributed by atoms with Crippen molar-refractivity contribution in [3.63, 3.8) is 0 Å². The van der Waals surface area contributed by atoms with Gasteiger partial charge in [0, 0.05) is 17.1 Å². The molecule has 3 N–H and O–H groups in total. The molecule has 1 atom stereocenters. The van der Waals surface area contributed by atoms with Gasteiger partial charge in [0.1, 0.15) is 0 Å². The van der Waals surface area contributed by atoms with Crippen molar-refractivity contribution in [1.82, 2.24) is 0 Å². The molecular weight excluding hydrogens is 280 g/mol. The average Bonchev–Trinajstić information content (AvgIpc) is 2.21. The van der Waals surface area contributed by atoms with Gasteiger partial charge in [0.05, 0.1) is 17.0 Å². The Morgan fingerprint density at radius 1 is 1.47 bits per heavy atom. The molecule has 1 aromatic carbocycles. The van der Waals surface area contributed by atoms with Crippen LogP contribution in [0.25, 0.3) is 0 Å². The predicted octanol–water partition coefficient (Wildman–Crippen LogP) is 3.40.